The van der Waals surface area contributed by atoms with E-state index in [4.69, 9.17) is 0 Å². The minimum Gasteiger partial charge on any atom is -0.388 e. The highest BCUT2D eigenvalue weighted by molar-refractivity contribution is 5.54. The third kappa shape index (κ3) is 3.06. The summed E-state index contributed by atoms with van der Waals surface area (Å²) < 4.78 is 0. The first-order valence-corrected chi connectivity index (χ1v) is 5.47. The van der Waals surface area contributed by atoms with Crippen molar-refractivity contribution in [2.24, 2.45) is 0 Å². The first kappa shape index (κ1) is 13.0. The fourth-order valence-electron chi connectivity index (χ4n) is 1.53. The van der Waals surface area contributed by atoms with Crippen LogP contribution in [-0.4, -0.2) is 7.05 Å². The van der Waals surface area contributed by atoms with Crippen molar-refractivity contribution in [1.82, 2.24) is 0 Å². The Morgan fingerprint density at radius 2 is 1.64 bits per heavy atom. The molecule has 0 radical (unpaired) electrons. The minimum absolute atomic E-state index is 1.12. The highest BCUT2D eigenvalue weighted by Gasteiger charge is 2.00. The molecule has 80 valence electrons. The number of rotatable bonds is 2. The Morgan fingerprint density at radius 3 is 2.07 bits per heavy atom. The van der Waals surface area contributed by atoms with Crippen LogP contribution < -0.4 is 5.32 Å². The van der Waals surface area contributed by atoms with E-state index in [0.29, 0.717) is 0 Å². The van der Waals surface area contributed by atoms with Gasteiger partial charge in [-0.25, -0.2) is 0 Å². The predicted octanol–water partition coefficient (Wildman–Crippen LogP) is 3.93. The lowest BCUT2D eigenvalue weighted by Crippen LogP contribution is -1.95. The zero-order valence-corrected chi connectivity index (χ0v) is 10.4. The largest absolute Gasteiger partial charge is 0.388 e. The van der Waals surface area contributed by atoms with Gasteiger partial charge < -0.3 is 5.32 Å². The molecular formula is C13H23N. The molecule has 0 fully saturated rings. The quantitative estimate of drug-likeness (QED) is 0.750. The van der Waals surface area contributed by atoms with Crippen LogP contribution in [0.2, 0.25) is 0 Å². The van der Waals surface area contributed by atoms with Gasteiger partial charge in [0.1, 0.15) is 0 Å². The molecule has 0 aliphatic carbocycles. The molecule has 1 rings (SSSR count). The van der Waals surface area contributed by atoms with Crippen LogP contribution in [0, 0.1) is 13.8 Å². The van der Waals surface area contributed by atoms with Gasteiger partial charge in [0.25, 0.3) is 0 Å². The normalized spacial score (nSPS) is 9.00. The lowest BCUT2D eigenvalue weighted by atomic mass is 10.0. The standard InChI is InChI=1S/C11H17N.C2H6/c1-5-10-6-9(3)11(12-4)7-8(10)2;1-2/h6-7,12H,5H2,1-4H3;1-2H3. The molecule has 0 atom stereocenters. The van der Waals surface area contributed by atoms with Crippen molar-refractivity contribution < 1.29 is 0 Å². The van der Waals surface area contributed by atoms with Crippen molar-refractivity contribution in [1.29, 1.82) is 0 Å². The van der Waals surface area contributed by atoms with Crippen LogP contribution in [0.25, 0.3) is 0 Å². The van der Waals surface area contributed by atoms with Crippen LogP contribution in [0.5, 0.6) is 0 Å². The fourth-order valence-corrected chi connectivity index (χ4v) is 1.53. The van der Waals surface area contributed by atoms with Crippen molar-refractivity contribution in [3.63, 3.8) is 0 Å². The molecule has 1 nitrogen and oxygen atoms in total. The smallest absolute Gasteiger partial charge is 0.0370 e. The Morgan fingerprint density at radius 1 is 1.07 bits per heavy atom. The number of aryl methyl sites for hydroxylation is 3. The van der Waals surface area contributed by atoms with Gasteiger partial charge in [0.15, 0.2) is 0 Å². The first-order chi connectivity index (χ1) is 6.69. The first-order valence-electron chi connectivity index (χ1n) is 5.47. The van der Waals surface area contributed by atoms with Crippen molar-refractivity contribution >= 4 is 5.69 Å². The third-order valence-corrected chi connectivity index (χ3v) is 2.33. The van der Waals surface area contributed by atoms with E-state index in [0.717, 1.165) is 6.42 Å². The van der Waals surface area contributed by atoms with Gasteiger partial charge in [-0.2, -0.15) is 0 Å². The van der Waals surface area contributed by atoms with Crippen molar-refractivity contribution in [3.05, 3.63) is 28.8 Å². The van der Waals surface area contributed by atoms with Gasteiger partial charge in [-0.15, -0.1) is 0 Å². The maximum Gasteiger partial charge on any atom is 0.0370 e. The van der Waals surface area contributed by atoms with E-state index in [1.54, 1.807) is 0 Å². The SMILES string of the molecule is CC.CCc1cc(C)c(NC)cc1C. The highest BCUT2D eigenvalue weighted by atomic mass is 14.8. The second-order valence-corrected chi connectivity index (χ2v) is 3.20. The Balaban J connectivity index is 0.000000791. The Kier molecular flexibility index (Phi) is 6.02. The third-order valence-electron chi connectivity index (χ3n) is 2.33. The highest BCUT2D eigenvalue weighted by Crippen LogP contribution is 2.20. The molecule has 0 unspecified atom stereocenters. The molecule has 0 aliphatic heterocycles. The Bertz CT molecular complexity index is 247. The van der Waals surface area contributed by atoms with E-state index >= 15 is 0 Å². The van der Waals surface area contributed by atoms with Gasteiger partial charge in [-0.05, 0) is 43.0 Å². The van der Waals surface area contributed by atoms with E-state index in [1.807, 2.05) is 20.9 Å². The molecule has 1 aromatic rings. The maximum absolute atomic E-state index is 3.19. The number of benzene rings is 1. The average Bonchev–Trinajstić information content (AvgIpc) is 2.23. The van der Waals surface area contributed by atoms with Gasteiger partial charge in [0.05, 0.1) is 0 Å². The summed E-state index contributed by atoms with van der Waals surface area (Å²) in [5, 5.41) is 3.19. The number of hydrogen-bond acceptors (Lipinski definition) is 1. The fraction of sp³-hybridized carbons (Fsp3) is 0.538. The van der Waals surface area contributed by atoms with Crippen LogP contribution in [0.15, 0.2) is 12.1 Å². The number of nitrogens with one attached hydrogen (secondary N) is 1. The summed E-state index contributed by atoms with van der Waals surface area (Å²) in [5.74, 6) is 0. The molecule has 14 heavy (non-hydrogen) atoms. The molecule has 0 aliphatic rings. The second-order valence-electron chi connectivity index (χ2n) is 3.20. The molecular weight excluding hydrogens is 170 g/mol. The van der Waals surface area contributed by atoms with E-state index in [1.165, 1.54) is 22.4 Å². The zero-order valence-electron chi connectivity index (χ0n) is 10.4. The summed E-state index contributed by atoms with van der Waals surface area (Å²) in [6, 6.07) is 4.48. The molecule has 0 spiro atoms. The average molecular weight is 193 g/mol. The monoisotopic (exact) mass is 193 g/mol. The molecule has 0 aromatic heterocycles. The van der Waals surface area contributed by atoms with Crippen molar-refractivity contribution in [2.45, 2.75) is 41.0 Å². The predicted molar refractivity (Wildman–Crippen MR) is 66.2 cm³/mol. The Labute approximate surface area is 88.5 Å². The molecule has 0 saturated carbocycles. The van der Waals surface area contributed by atoms with Gasteiger partial charge in [0, 0.05) is 12.7 Å². The van der Waals surface area contributed by atoms with Crippen LogP contribution in [0.1, 0.15) is 37.5 Å². The summed E-state index contributed by atoms with van der Waals surface area (Å²) in [4.78, 5) is 0. The van der Waals surface area contributed by atoms with Crippen LogP contribution in [-0.2, 0) is 6.42 Å². The zero-order chi connectivity index (χ0) is 11.1. The summed E-state index contributed by atoms with van der Waals surface area (Å²) in [5.41, 5.74) is 5.41. The summed E-state index contributed by atoms with van der Waals surface area (Å²) in [6.45, 7) is 10.5. The van der Waals surface area contributed by atoms with Crippen molar-refractivity contribution in [3.8, 4) is 0 Å². The van der Waals surface area contributed by atoms with Crippen molar-refractivity contribution in [2.75, 3.05) is 12.4 Å². The molecule has 0 bridgehead atoms. The van der Waals surface area contributed by atoms with E-state index in [2.05, 4.69) is 38.2 Å². The number of hydrogen-bond donors (Lipinski definition) is 1. The van der Waals surface area contributed by atoms with Gasteiger partial charge in [-0.1, -0.05) is 26.8 Å². The Hall–Kier alpha value is -0.980. The maximum atomic E-state index is 3.19. The lowest BCUT2D eigenvalue weighted by Gasteiger charge is -2.10. The number of anilines is 1. The van der Waals surface area contributed by atoms with E-state index in [9.17, 15) is 0 Å². The minimum atomic E-state index is 1.12. The van der Waals surface area contributed by atoms with Gasteiger partial charge >= 0.3 is 0 Å². The summed E-state index contributed by atoms with van der Waals surface area (Å²) in [7, 11) is 1.97. The molecule has 1 aromatic carbocycles. The second kappa shape index (κ2) is 6.47. The summed E-state index contributed by atoms with van der Waals surface area (Å²) >= 11 is 0. The van der Waals surface area contributed by atoms with Gasteiger partial charge in [-0.3, -0.25) is 0 Å². The van der Waals surface area contributed by atoms with E-state index in [-0.39, 0.29) is 0 Å². The molecule has 0 amide bonds. The molecule has 0 heterocycles. The van der Waals surface area contributed by atoms with Crippen LogP contribution >= 0.6 is 0 Å². The van der Waals surface area contributed by atoms with E-state index < -0.39 is 0 Å². The lowest BCUT2D eigenvalue weighted by molar-refractivity contribution is 1.10. The molecule has 1 heteroatoms. The van der Waals surface area contributed by atoms with Gasteiger partial charge in [0.2, 0.25) is 0 Å². The topological polar surface area (TPSA) is 12.0 Å². The molecule has 0 saturated heterocycles. The van der Waals surface area contributed by atoms with Crippen LogP contribution in [0.3, 0.4) is 0 Å². The molecule has 1 N–H and O–H groups in total. The summed E-state index contributed by atoms with van der Waals surface area (Å²) in [6.07, 6.45) is 1.12. The van der Waals surface area contributed by atoms with Crippen LogP contribution in [0.4, 0.5) is 5.69 Å².